The minimum atomic E-state index is -0.834. The molecule has 0 aliphatic carbocycles. The van der Waals surface area contributed by atoms with Gasteiger partial charge in [0.2, 0.25) is 0 Å². The van der Waals surface area contributed by atoms with Gasteiger partial charge in [0.25, 0.3) is 0 Å². The maximum Gasteiger partial charge on any atom is 0.328 e. The Balaban J connectivity index is 4.66. The lowest BCUT2D eigenvalue weighted by atomic mass is 9.95. The zero-order valence-corrected chi connectivity index (χ0v) is 10.0. The van der Waals surface area contributed by atoms with E-state index in [2.05, 4.69) is 11.9 Å². The quantitative estimate of drug-likeness (QED) is 0.510. The first-order valence-electron chi connectivity index (χ1n) is 5.08. The second-order valence-corrected chi connectivity index (χ2v) is 3.47. The third-order valence-corrected chi connectivity index (χ3v) is 2.48. The summed E-state index contributed by atoms with van der Waals surface area (Å²) in [6, 6.07) is 0. The van der Waals surface area contributed by atoms with Gasteiger partial charge >= 0.3 is 5.97 Å². The number of esters is 1. The molecule has 88 valence electrons. The fourth-order valence-corrected chi connectivity index (χ4v) is 1.18. The van der Waals surface area contributed by atoms with Crippen LogP contribution in [0.4, 0.5) is 0 Å². The number of ether oxygens (including phenoxy) is 2. The monoisotopic (exact) mass is 215 g/mol. The van der Waals surface area contributed by atoms with E-state index in [0.29, 0.717) is 13.2 Å². The molecule has 2 atom stereocenters. The lowest BCUT2D eigenvalue weighted by Crippen LogP contribution is -2.58. The number of carbonyl (C=O) groups excluding carboxylic acids is 1. The third-order valence-electron chi connectivity index (χ3n) is 2.48. The maximum atomic E-state index is 11.8. The van der Waals surface area contributed by atoms with Crippen molar-refractivity contribution in [1.29, 1.82) is 0 Å². The van der Waals surface area contributed by atoms with Crippen LogP contribution in [-0.2, 0) is 14.3 Å². The van der Waals surface area contributed by atoms with Gasteiger partial charge in [-0.15, -0.1) is 6.58 Å². The average Bonchev–Trinajstić information content (AvgIpc) is 2.24. The van der Waals surface area contributed by atoms with Crippen LogP contribution >= 0.6 is 0 Å². The fraction of sp³-hybridized carbons (Fsp3) is 0.727. The summed E-state index contributed by atoms with van der Waals surface area (Å²) in [5, 5.41) is 3.06. The van der Waals surface area contributed by atoms with Crippen LogP contribution in [-0.4, -0.2) is 37.9 Å². The highest BCUT2D eigenvalue weighted by atomic mass is 16.5. The molecule has 0 aromatic carbocycles. The molecule has 0 aromatic rings. The Morgan fingerprint density at radius 1 is 1.67 bits per heavy atom. The normalized spacial score (nSPS) is 16.5. The average molecular weight is 215 g/mol. The summed E-state index contributed by atoms with van der Waals surface area (Å²) in [6.07, 6.45) is 1.43. The molecule has 0 aliphatic heterocycles. The van der Waals surface area contributed by atoms with Crippen molar-refractivity contribution in [2.24, 2.45) is 0 Å². The lowest BCUT2D eigenvalue weighted by molar-refractivity contribution is -0.156. The number of nitrogens with one attached hydrogen (secondary N) is 1. The molecule has 0 bridgehead atoms. The highest BCUT2D eigenvalue weighted by molar-refractivity contribution is 5.81. The molecule has 0 saturated carbocycles. The number of rotatable bonds is 7. The van der Waals surface area contributed by atoms with Crippen LogP contribution in [0, 0.1) is 0 Å². The van der Waals surface area contributed by atoms with Gasteiger partial charge in [-0.2, -0.15) is 0 Å². The van der Waals surface area contributed by atoms with Crippen molar-refractivity contribution < 1.29 is 14.3 Å². The second-order valence-electron chi connectivity index (χ2n) is 3.47. The Morgan fingerprint density at radius 3 is 2.67 bits per heavy atom. The van der Waals surface area contributed by atoms with Crippen LogP contribution in [0.25, 0.3) is 0 Å². The van der Waals surface area contributed by atoms with Crippen LogP contribution in [0.3, 0.4) is 0 Å². The van der Waals surface area contributed by atoms with E-state index in [9.17, 15) is 4.79 Å². The molecule has 0 radical (unpaired) electrons. The van der Waals surface area contributed by atoms with Crippen molar-refractivity contribution >= 4 is 5.97 Å². The molecule has 0 saturated heterocycles. The lowest BCUT2D eigenvalue weighted by Gasteiger charge is -2.32. The predicted molar refractivity (Wildman–Crippen MR) is 59.7 cm³/mol. The van der Waals surface area contributed by atoms with Gasteiger partial charge in [-0.1, -0.05) is 6.08 Å². The molecule has 4 heteroatoms. The van der Waals surface area contributed by atoms with Gasteiger partial charge in [-0.05, 0) is 20.8 Å². The summed E-state index contributed by atoms with van der Waals surface area (Å²) < 4.78 is 10.2. The van der Waals surface area contributed by atoms with Crippen LogP contribution < -0.4 is 5.32 Å². The minimum absolute atomic E-state index is 0.267. The summed E-state index contributed by atoms with van der Waals surface area (Å²) in [7, 11) is 1.57. The molecule has 0 aliphatic rings. The number of carbonyl (C=O) groups is 1. The van der Waals surface area contributed by atoms with E-state index in [0.717, 1.165) is 0 Å². The molecule has 2 unspecified atom stereocenters. The molecule has 0 fully saturated rings. The molecule has 0 aromatic heterocycles. The molecule has 1 N–H and O–H groups in total. The molecule has 4 nitrogen and oxygen atoms in total. The first-order valence-corrected chi connectivity index (χ1v) is 5.08. The van der Waals surface area contributed by atoms with Gasteiger partial charge < -0.3 is 9.47 Å². The largest absolute Gasteiger partial charge is 0.465 e. The molecular weight excluding hydrogens is 194 g/mol. The summed E-state index contributed by atoms with van der Waals surface area (Å²) in [4.78, 5) is 11.8. The summed E-state index contributed by atoms with van der Waals surface area (Å²) in [5.41, 5.74) is -0.834. The standard InChI is InChI=1S/C11H21NO3/c1-6-8-12-11(4,9(3)14-5)10(13)15-7-2/h6,9,12H,1,7-8H2,2-5H3. The van der Waals surface area contributed by atoms with Crippen LogP contribution in [0.15, 0.2) is 12.7 Å². The summed E-state index contributed by atoms with van der Waals surface area (Å²) in [5.74, 6) is -0.304. The highest BCUT2D eigenvalue weighted by Gasteiger charge is 2.40. The van der Waals surface area contributed by atoms with Gasteiger partial charge in [0.1, 0.15) is 5.54 Å². The van der Waals surface area contributed by atoms with Crippen LogP contribution in [0.1, 0.15) is 20.8 Å². The van der Waals surface area contributed by atoms with Gasteiger partial charge in [0.15, 0.2) is 0 Å². The number of hydrogen-bond acceptors (Lipinski definition) is 4. The highest BCUT2D eigenvalue weighted by Crippen LogP contribution is 2.15. The maximum absolute atomic E-state index is 11.8. The SMILES string of the molecule is C=CCNC(C)(C(=O)OCC)C(C)OC. The molecular formula is C11H21NO3. The smallest absolute Gasteiger partial charge is 0.328 e. The zero-order chi connectivity index (χ0) is 11.9. The zero-order valence-electron chi connectivity index (χ0n) is 10.0. The van der Waals surface area contributed by atoms with Gasteiger partial charge in [0.05, 0.1) is 12.7 Å². The summed E-state index contributed by atoms with van der Waals surface area (Å²) in [6.45, 7) is 9.87. The van der Waals surface area contributed by atoms with Crippen molar-refractivity contribution in [2.45, 2.75) is 32.4 Å². The Morgan fingerprint density at radius 2 is 2.27 bits per heavy atom. The Labute approximate surface area is 91.6 Å². The molecule has 0 heterocycles. The second kappa shape index (κ2) is 6.58. The van der Waals surface area contributed by atoms with Crippen LogP contribution in [0.5, 0.6) is 0 Å². The van der Waals surface area contributed by atoms with Crippen molar-refractivity contribution in [3.8, 4) is 0 Å². The predicted octanol–water partition coefficient (Wildman–Crippen LogP) is 1.12. The first-order chi connectivity index (χ1) is 7.02. The van der Waals surface area contributed by atoms with Crippen molar-refractivity contribution in [2.75, 3.05) is 20.3 Å². The first kappa shape index (κ1) is 14.1. The van der Waals surface area contributed by atoms with E-state index in [4.69, 9.17) is 9.47 Å². The van der Waals surface area contributed by atoms with Gasteiger partial charge in [-0.25, -0.2) is 4.79 Å². The van der Waals surface area contributed by atoms with Gasteiger partial charge in [0, 0.05) is 13.7 Å². The topological polar surface area (TPSA) is 47.6 Å². The van der Waals surface area contributed by atoms with E-state index in [1.807, 2.05) is 6.92 Å². The molecule has 0 spiro atoms. The Hall–Kier alpha value is -0.870. The molecule has 0 amide bonds. The van der Waals surface area contributed by atoms with E-state index in [-0.39, 0.29) is 12.1 Å². The number of hydrogen-bond donors (Lipinski definition) is 1. The molecule has 0 rings (SSSR count). The van der Waals surface area contributed by atoms with E-state index >= 15 is 0 Å². The van der Waals surface area contributed by atoms with Gasteiger partial charge in [-0.3, -0.25) is 5.32 Å². The van der Waals surface area contributed by atoms with E-state index < -0.39 is 5.54 Å². The van der Waals surface area contributed by atoms with Crippen LogP contribution in [0.2, 0.25) is 0 Å². The van der Waals surface area contributed by atoms with Crippen molar-refractivity contribution in [3.05, 3.63) is 12.7 Å². The summed E-state index contributed by atoms with van der Waals surface area (Å²) >= 11 is 0. The number of methoxy groups -OCH3 is 1. The Bertz CT molecular complexity index is 218. The fourth-order valence-electron chi connectivity index (χ4n) is 1.18. The van der Waals surface area contributed by atoms with E-state index in [1.165, 1.54) is 0 Å². The van der Waals surface area contributed by atoms with Crippen molar-refractivity contribution in [3.63, 3.8) is 0 Å². The molecule has 15 heavy (non-hydrogen) atoms. The minimum Gasteiger partial charge on any atom is -0.465 e. The Kier molecular flexibility index (Phi) is 6.20. The van der Waals surface area contributed by atoms with Crippen molar-refractivity contribution in [1.82, 2.24) is 5.32 Å². The van der Waals surface area contributed by atoms with E-state index in [1.54, 1.807) is 27.0 Å². The third kappa shape index (κ3) is 3.64.